The van der Waals surface area contributed by atoms with Crippen molar-refractivity contribution in [2.75, 3.05) is 6.61 Å². The van der Waals surface area contributed by atoms with E-state index in [2.05, 4.69) is 9.97 Å². The number of aromatic nitrogens is 2. The summed E-state index contributed by atoms with van der Waals surface area (Å²) in [6.07, 6.45) is -0.480. The molecule has 2 aromatic carbocycles. The van der Waals surface area contributed by atoms with Crippen molar-refractivity contribution in [2.24, 2.45) is 0 Å². The maximum absolute atomic E-state index is 12.9. The van der Waals surface area contributed by atoms with Gasteiger partial charge in [-0.05, 0) is 30.7 Å². The summed E-state index contributed by atoms with van der Waals surface area (Å²) < 4.78 is 37.1. The van der Waals surface area contributed by atoms with Crippen molar-refractivity contribution in [3.8, 4) is 11.5 Å². The smallest absolute Gasteiger partial charge is 0.272 e. The molecule has 0 aliphatic rings. The lowest BCUT2D eigenvalue weighted by Crippen LogP contribution is -2.12. The number of hydrogen-bond acceptors (Lipinski definition) is 4. The number of ether oxygens (including phenoxy) is 2. The number of benzene rings is 2. The number of pyridine rings is 1. The van der Waals surface area contributed by atoms with Crippen LogP contribution < -0.4 is 9.47 Å². The lowest BCUT2D eigenvalue weighted by atomic mass is 10.0. The van der Waals surface area contributed by atoms with Crippen LogP contribution in [0, 0.1) is 6.92 Å². The van der Waals surface area contributed by atoms with Gasteiger partial charge in [0, 0.05) is 28.9 Å². The lowest BCUT2D eigenvalue weighted by molar-refractivity contribution is 0.0776. The molecule has 0 aliphatic carbocycles. The van der Waals surface area contributed by atoms with Crippen LogP contribution in [0.3, 0.4) is 0 Å². The molecule has 2 N–H and O–H groups in total. The quantitative estimate of drug-likeness (QED) is 0.409. The summed E-state index contributed by atoms with van der Waals surface area (Å²) in [5, 5.41) is 11.8. The van der Waals surface area contributed by atoms with Gasteiger partial charge in [0.1, 0.15) is 25.0 Å². The van der Waals surface area contributed by atoms with Crippen LogP contribution in [0.1, 0.15) is 28.4 Å². The van der Waals surface area contributed by atoms with Crippen molar-refractivity contribution >= 4 is 11.0 Å². The second-order valence-corrected chi connectivity index (χ2v) is 7.20. The maximum atomic E-state index is 12.9. The number of alkyl halides is 2. The first-order chi connectivity index (χ1) is 15.0. The van der Waals surface area contributed by atoms with E-state index in [-0.39, 0.29) is 18.1 Å². The average Bonchev–Trinajstić information content (AvgIpc) is 3.21. The molecule has 2 heterocycles. The van der Waals surface area contributed by atoms with E-state index in [9.17, 15) is 13.9 Å². The van der Waals surface area contributed by atoms with E-state index in [1.807, 2.05) is 37.3 Å². The fourth-order valence-electron chi connectivity index (χ4n) is 3.38. The fourth-order valence-corrected chi connectivity index (χ4v) is 3.38. The molecule has 7 heteroatoms. The van der Waals surface area contributed by atoms with Gasteiger partial charge in [-0.2, -0.15) is 0 Å². The van der Waals surface area contributed by atoms with E-state index >= 15 is 0 Å². The number of nitrogens with zero attached hydrogens (tertiary/aromatic N) is 1. The third kappa shape index (κ3) is 4.67. The number of nitrogens with one attached hydrogen (secondary N) is 1. The molecule has 0 amide bonds. The number of rotatable bonds is 8. The third-order valence-corrected chi connectivity index (χ3v) is 4.95. The van der Waals surface area contributed by atoms with E-state index in [1.165, 1.54) is 0 Å². The minimum atomic E-state index is -2.66. The third-order valence-electron chi connectivity index (χ3n) is 4.95. The topological polar surface area (TPSA) is 67.4 Å². The minimum absolute atomic E-state index is 0.0978. The van der Waals surface area contributed by atoms with Gasteiger partial charge in [-0.1, -0.05) is 42.0 Å². The molecule has 5 nitrogen and oxygen atoms in total. The summed E-state index contributed by atoms with van der Waals surface area (Å²) in [5.41, 5.74) is 3.59. The zero-order valence-corrected chi connectivity index (χ0v) is 16.9. The first-order valence-corrected chi connectivity index (χ1v) is 9.85. The number of aliphatic hydroxyl groups excluding tert-OH is 1. The molecule has 1 unspecified atom stereocenters. The van der Waals surface area contributed by atoms with Crippen LogP contribution in [-0.4, -0.2) is 28.1 Å². The highest BCUT2D eigenvalue weighted by molar-refractivity contribution is 5.80. The molecule has 2 aromatic heterocycles. The predicted octanol–water partition coefficient (Wildman–Crippen LogP) is 5.18. The fraction of sp³-hybridized carbons (Fsp3) is 0.208. The Balaban J connectivity index is 1.67. The molecular formula is C24H22F2N2O3. The minimum Gasteiger partial charge on any atom is -0.485 e. The molecule has 0 saturated carbocycles. The average molecular weight is 424 g/mol. The van der Waals surface area contributed by atoms with E-state index in [1.54, 1.807) is 36.7 Å². The second kappa shape index (κ2) is 9.14. The highest BCUT2D eigenvalue weighted by atomic mass is 19.3. The van der Waals surface area contributed by atoms with Crippen LogP contribution in [0.15, 0.2) is 67.0 Å². The summed E-state index contributed by atoms with van der Waals surface area (Å²) >= 11 is 0. The van der Waals surface area contributed by atoms with Crippen LogP contribution in [0.2, 0.25) is 0 Å². The van der Waals surface area contributed by atoms with Crippen molar-refractivity contribution < 1.29 is 23.4 Å². The second-order valence-electron chi connectivity index (χ2n) is 7.20. The van der Waals surface area contributed by atoms with E-state index in [0.29, 0.717) is 16.8 Å². The Labute approximate surface area is 178 Å². The SMILES string of the molecule is Cc1ccc(COc2cccc(C(O)c3c[nH]c4ncccc34)c2OCC(F)F)cc1. The Morgan fingerprint density at radius 1 is 1.00 bits per heavy atom. The van der Waals surface area contributed by atoms with Crippen molar-refractivity contribution in [3.63, 3.8) is 0 Å². The highest BCUT2D eigenvalue weighted by Gasteiger charge is 2.23. The van der Waals surface area contributed by atoms with Crippen molar-refractivity contribution in [2.45, 2.75) is 26.1 Å². The standard InChI is InChI=1S/C24H22F2N2O3/c1-15-7-9-16(10-8-15)13-30-20-6-2-4-18(23(20)31-14-21(25)26)22(29)19-12-28-24-17(19)5-3-11-27-24/h2-12,21-22,29H,13-14H2,1H3,(H,27,28). The number of aliphatic hydroxyl groups is 1. The van der Waals surface area contributed by atoms with Gasteiger partial charge in [0.05, 0.1) is 0 Å². The Hall–Kier alpha value is -3.45. The normalized spacial score (nSPS) is 12.3. The molecule has 0 fully saturated rings. The van der Waals surface area contributed by atoms with Gasteiger partial charge >= 0.3 is 0 Å². The molecule has 31 heavy (non-hydrogen) atoms. The maximum Gasteiger partial charge on any atom is 0.272 e. The molecule has 0 bridgehead atoms. The van der Waals surface area contributed by atoms with Crippen LogP contribution in [0.5, 0.6) is 11.5 Å². The largest absolute Gasteiger partial charge is 0.485 e. The number of aryl methyl sites for hydroxylation is 1. The molecule has 0 aliphatic heterocycles. The van der Waals surface area contributed by atoms with Gasteiger partial charge in [-0.25, -0.2) is 13.8 Å². The summed E-state index contributed by atoms with van der Waals surface area (Å²) in [5.74, 6) is 0.386. The molecule has 0 radical (unpaired) electrons. The van der Waals surface area contributed by atoms with Crippen LogP contribution >= 0.6 is 0 Å². The molecule has 4 aromatic rings. The summed E-state index contributed by atoms with van der Waals surface area (Å²) in [4.78, 5) is 7.24. The molecule has 0 saturated heterocycles. The van der Waals surface area contributed by atoms with Gasteiger partial charge in [0.25, 0.3) is 6.43 Å². The monoisotopic (exact) mass is 424 g/mol. The number of aromatic amines is 1. The van der Waals surface area contributed by atoms with Gasteiger partial charge in [-0.3, -0.25) is 0 Å². The molecule has 1 atom stereocenters. The number of H-pyrrole nitrogens is 1. The van der Waals surface area contributed by atoms with Gasteiger partial charge in [0.15, 0.2) is 11.5 Å². The molecule has 0 spiro atoms. The van der Waals surface area contributed by atoms with Gasteiger partial charge in [0.2, 0.25) is 0 Å². The number of hydrogen-bond donors (Lipinski definition) is 2. The van der Waals surface area contributed by atoms with Crippen LogP contribution in [0.25, 0.3) is 11.0 Å². The lowest BCUT2D eigenvalue weighted by Gasteiger charge is -2.19. The molecular weight excluding hydrogens is 402 g/mol. The van der Waals surface area contributed by atoms with Gasteiger partial charge < -0.3 is 19.6 Å². The van der Waals surface area contributed by atoms with E-state index in [4.69, 9.17) is 9.47 Å². The van der Waals surface area contributed by atoms with E-state index < -0.39 is 19.1 Å². The van der Waals surface area contributed by atoms with Crippen molar-refractivity contribution in [1.29, 1.82) is 0 Å². The molecule has 160 valence electrons. The summed E-state index contributed by atoms with van der Waals surface area (Å²) in [6.45, 7) is 1.42. The summed E-state index contributed by atoms with van der Waals surface area (Å²) in [7, 11) is 0. The van der Waals surface area contributed by atoms with E-state index in [0.717, 1.165) is 16.5 Å². The van der Waals surface area contributed by atoms with Crippen LogP contribution in [-0.2, 0) is 6.61 Å². The molecule has 4 rings (SSSR count). The predicted molar refractivity (Wildman–Crippen MR) is 114 cm³/mol. The van der Waals surface area contributed by atoms with Crippen molar-refractivity contribution in [3.05, 3.63) is 89.2 Å². The number of para-hydroxylation sites is 1. The Morgan fingerprint density at radius 2 is 1.81 bits per heavy atom. The first-order valence-electron chi connectivity index (χ1n) is 9.85. The Morgan fingerprint density at radius 3 is 2.58 bits per heavy atom. The Kier molecular flexibility index (Phi) is 6.13. The number of fused-ring (bicyclic) bond motifs is 1. The van der Waals surface area contributed by atoms with Gasteiger partial charge in [-0.15, -0.1) is 0 Å². The number of halogens is 2. The first kappa shape index (κ1) is 20.8. The van der Waals surface area contributed by atoms with Crippen molar-refractivity contribution in [1.82, 2.24) is 9.97 Å². The Bertz CT molecular complexity index is 1160. The van der Waals surface area contributed by atoms with Crippen LogP contribution in [0.4, 0.5) is 8.78 Å². The zero-order valence-electron chi connectivity index (χ0n) is 16.9. The zero-order chi connectivity index (χ0) is 21.8. The summed E-state index contributed by atoms with van der Waals surface area (Å²) in [6, 6.07) is 16.4. The highest BCUT2D eigenvalue weighted by Crippen LogP contribution is 2.39.